The predicted octanol–water partition coefficient (Wildman–Crippen LogP) is 1.83. The monoisotopic (exact) mass is 359 g/mol. The van der Waals surface area contributed by atoms with E-state index in [0.29, 0.717) is 11.1 Å². The van der Waals surface area contributed by atoms with Gasteiger partial charge in [0.05, 0.1) is 23.3 Å². The summed E-state index contributed by atoms with van der Waals surface area (Å²) in [6.45, 7) is 13.4. The first-order valence-corrected chi connectivity index (χ1v) is 8.60. The Kier molecular flexibility index (Phi) is 5.93. The number of esters is 1. The van der Waals surface area contributed by atoms with Gasteiger partial charge in [-0.3, -0.25) is 4.79 Å². The van der Waals surface area contributed by atoms with Crippen molar-refractivity contribution in [3.8, 4) is 0 Å². The first-order chi connectivity index (χ1) is 12.0. The van der Waals surface area contributed by atoms with E-state index in [0.717, 1.165) is 5.46 Å². The molecule has 7 heteroatoms. The fourth-order valence-corrected chi connectivity index (χ4v) is 2.30. The zero-order valence-corrected chi connectivity index (χ0v) is 16.0. The highest BCUT2D eigenvalue weighted by Crippen LogP contribution is 2.36. The zero-order valence-electron chi connectivity index (χ0n) is 16.0. The lowest BCUT2D eigenvalue weighted by atomic mass is 9.79. The molecule has 1 aromatic rings. The Labute approximate surface area is 155 Å². The largest absolute Gasteiger partial charge is 0.494 e. The van der Waals surface area contributed by atoms with E-state index in [9.17, 15) is 9.59 Å². The molecule has 0 spiro atoms. The molecule has 1 aliphatic heterocycles. The third-order valence-corrected chi connectivity index (χ3v) is 4.68. The summed E-state index contributed by atoms with van der Waals surface area (Å²) in [4.78, 5) is 23.4. The van der Waals surface area contributed by atoms with Crippen LogP contribution in [0.1, 0.15) is 45.0 Å². The van der Waals surface area contributed by atoms with Crippen molar-refractivity contribution in [3.05, 3.63) is 42.0 Å². The van der Waals surface area contributed by atoms with Crippen LogP contribution in [0.3, 0.4) is 0 Å². The van der Waals surface area contributed by atoms with E-state index in [1.165, 1.54) is 0 Å². The SMILES string of the molecule is C=C(C)C(=O)NCCOC(=O)c1ccc(B2OC(C)(C)C(C)(C)O2)cc1. The molecule has 1 aliphatic rings. The average Bonchev–Trinajstić information content (AvgIpc) is 2.79. The van der Waals surface area contributed by atoms with E-state index in [1.807, 2.05) is 27.7 Å². The van der Waals surface area contributed by atoms with Crippen LogP contribution < -0.4 is 10.8 Å². The van der Waals surface area contributed by atoms with E-state index in [4.69, 9.17) is 14.0 Å². The maximum absolute atomic E-state index is 12.0. The number of hydrogen-bond acceptors (Lipinski definition) is 5. The second-order valence-corrected chi connectivity index (χ2v) is 7.38. The summed E-state index contributed by atoms with van der Waals surface area (Å²) < 4.78 is 17.1. The molecule has 1 saturated heterocycles. The van der Waals surface area contributed by atoms with Gasteiger partial charge in [-0.1, -0.05) is 18.7 Å². The van der Waals surface area contributed by atoms with Crippen molar-refractivity contribution in [2.75, 3.05) is 13.2 Å². The number of ether oxygens (including phenoxy) is 1. The molecule has 0 bridgehead atoms. The van der Waals surface area contributed by atoms with Crippen molar-refractivity contribution in [1.82, 2.24) is 5.32 Å². The highest BCUT2D eigenvalue weighted by molar-refractivity contribution is 6.62. The Bertz CT molecular complexity index is 680. The minimum atomic E-state index is -0.470. The molecule has 0 aromatic heterocycles. The molecule has 0 aliphatic carbocycles. The number of benzene rings is 1. The smallest absolute Gasteiger partial charge is 0.460 e. The van der Waals surface area contributed by atoms with Crippen molar-refractivity contribution in [2.24, 2.45) is 0 Å². The van der Waals surface area contributed by atoms with Crippen LogP contribution in [0.2, 0.25) is 0 Å². The maximum atomic E-state index is 12.0. The minimum absolute atomic E-state index is 0.0941. The molecule has 2 rings (SSSR count). The van der Waals surface area contributed by atoms with Crippen molar-refractivity contribution in [2.45, 2.75) is 45.8 Å². The fourth-order valence-electron chi connectivity index (χ4n) is 2.30. The molecule has 1 fully saturated rings. The van der Waals surface area contributed by atoms with Crippen LogP contribution in [0, 0.1) is 0 Å². The highest BCUT2D eigenvalue weighted by Gasteiger charge is 2.51. The number of nitrogens with one attached hydrogen (secondary N) is 1. The van der Waals surface area contributed by atoms with Gasteiger partial charge in [0, 0.05) is 5.57 Å². The molecule has 0 saturated carbocycles. The van der Waals surface area contributed by atoms with Gasteiger partial charge in [-0.05, 0) is 52.2 Å². The number of carbonyl (C=O) groups excluding carboxylic acids is 2. The lowest BCUT2D eigenvalue weighted by molar-refractivity contribution is -0.117. The summed E-state index contributed by atoms with van der Waals surface area (Å²) in [7, 11) is -0.470. The number of amides is 1. The van der Waals surface area contributed by atoms with Crippen LogP contribution in [-0.2, 0) is 18.8 Å². The molecule has 0 atom stereocenters. The summed E-state index contributed by atoms with van der Waals surface area (Å²) in [6.07, 6.45) is 0. The Balaban J connectivity index is 1.88. The summed E-state index contributed by atoms with van der Waals surface area (Å²) in [5, 5.41) is 2.60. The van der Waals surface area contributed by atoms with Crippen LogP contribution in [-0.4, -0.2) is 43.3 Å². The lowest BCUT2D eigenvalue weighted by Crippen LogP contribution is -2.41. The number of rotatable bonds is 6. The van der Waals surface area contributed by atoms with E-state index < -0.39 is 24.3 Å². The van der Waals surface area contributed by atoms with Gasteiger partial charge in [-0.15, -0.1) is 0 Å². The third-order valence-electron chi connectivity index (χ3n) is 4.68. The van der Waals surface area contributed by atoms with Crippen molar-refractivity contribution in [1.29, 1.82) is 0 Å². The van der Waals surface area contributed by atoms with Gasteiger partial charge < -0.3 is 19.4 Å². The van der Waals surface area contributed by atoms with Crippen molar-refractivity contribution in [3.63, 3.8) is 0 Å². The second-order valence-electron chi connectivity index (χ2n) is 7.38. The Hall–Kier alpha value is -2.12. The topological polar surface area (TPSA) is 73.9 Å². The molecule has 1 aromatic carbocycles. The molecular weight excluding hydrogens is 333 g/mol. The Morgan fingerprint density at radius 1 is 1.12 bits per heavy atom. The fraction of sp³-hybridized carbons (Fsp3) is 0.474. The van der Waals surface area contributed by atoms with Gasteiger partial charge in [0.2, 0.25) is 5.91 Å². The molecule has 1 heterocycles. The number of hydrogen-bond donors (Lipinski definition) is 1. The van der Waals surface area contributed by atoms with Crippen LogP contribution in [0.5, 0.6) is 0 Å². The van der Waals surface area contributed by atoms with E-state index in [2.05, 4.69) is 11.9 Å². The first kappa shape index (κ1) is 20.2. The van der Waals surface area contributed by atoms with Crippen LogP contribution in [0.4, 0.5) is 0 Å². The molecular formula is C19H26BNO5. The molecule has 1 amide bonds. The van der Waals surface area contributed by atoms with Gasteiger partial charge >= 0.3 is 13.1 Å². The normalized spacial score (nSPS) is 17.7. The van der Waals surface area contributed by atoms with Gasteiger partial charge in [0.25, 0.3) is 0 Å². The van der Waals surface area contributed by atoms with Gasteiger partial charge in [0.1, 0.15) is 6.61 Å². The predicted molar refractivity (Wildman–Crippen MR) is 100 cm³/mol. The highest BCUT2D eigenvalue weighted by atomic mass is 16.7. The van der Waals surface area contributed by atoms with E-state index in [-0.39, 0.29) is 19.1 Å². The maximum Gasteiger partial charge on any atom is 0.494 e. The molecule has 26 heavy (non-hydrogen) atoms. The summed E-state index contributed by atoms with van der Waals surface area (Å²) in [5.41, 5.74) is 0.854. The molecule has 0 radical (unpaired) electrons. The molecule has 6 nitrogen and oxygen atoms in total. The zero-order chi connectivity index (χ0) is 19.5. The minimum Gasteiger partial charge on any atom is -0.460 e. The quantitative estimate of drug-likeness (QED) is 0.363. The first-order valence-electron chi connectivity index (χ1n) is 8.60. The third kappa shape index (κ3) is 4.53. The summed E-state index contributed by atoms with van der Waals surface area (Å²) >= 11 is 0. The second kappa shape index (κ2) is 7.64. The van der Waals surface area contributed by atoms with Crippen LogP contribution in [0.15, 0.2) is 36.4 Å². The van der Waals surface area contributed by atoms with Crippen molar-refractivity contribution >= 4 is 24.5 Å². The van der Waals surface area contributed by atoms with Crippen LogP contribution >= 0.6 is 0 Å². The van der Waals surface area contributed by atoms with E-state index >= 15 is 0 Å². The molecule has 140 valence electrons. The van der Waals surface area contributed by atoms with Gasteiger partial charge in [0.15, 0.2) is 0 Å². The Morgan fingerprint density at radius 3 is 2.15 bits per heavy atom. The molecule has 0 unspecified atom stereocenters. The van der Waals surface area contributed by atoms with E-state index in [1.54, 1.807) is 31.2 Å². The number of carbonyl (C=O) groups is 2. The molecule has 1 N–H and O–H groups in total. The summed E-state index contributed by atoms with van der Waals surface area (Å²) in [6, 6.07) is 6.94. The van der Waals surface area contributed by atoms with Gasteiger partial charge in [-0.2, -0.15) is 0 Å². The average molecular weight is 359 g/mol. The Morgan fingerprint density at radius 2 is 1.65 bits per heavy atom. The van der Waals surface area contributed by atoms with Crippen LogP contribution in [0.25, 0.3) is 0 Å². The standard InChI is InChI=1S/C19H26BNO5/c1-13(2)16(22)21-11-12-24-17(23)14-7-9-15(10-8-14)20-25-18(3,4)19(5,6)26-20/h7-10H,1,11-12H2,2-6H3,(H,21,22). The summed E-state index contributed by atoms with van der Waals surface area (Å²) in [5.74, 6) is -0.706. The van der Waals surface area contributed by atoms with Gasteiger partial charge in [-0.25, -0.2) is 4.79 Å². The van der Waals surface area contributed by atoms with Crippen molar-refractivity contribution < 1.29 is 23.6 Å². The lowest BCUT2D eigenvalue weighted by Gasteiger charge is -2.32.